The number of aliphatic hydroxyl groups is 2. The Bertz CT molecular complexity index is 1120. The standard InChI is InChI=1S/C43H76NO10P/c1-3-5-7-9-11-12-13-14-15-16-17-18-19-20-21-25-29-33-42(47)51-37-39(38-53-55(49,50)52-36-35-44)54-43(48)34-30-26-22-24-28-32-41(46)40(45)31-27-23-10-8-6-4-2/h11-12,14-15,17-18,20-21,23,27,39-41,45-46H,3-10,13,16,19,22,24-26,28-38,44H2,1-2H3,(H,49,50)/b12-11-,15-14-,18-17-,21-20-,27-23-/t39-,40+,41+/m1/s1. The van der Waals surface area contributed by atoms with Crippen molar-refractivity contribution >= 4 is 19.8 Å². The maximum absolute atomic E-state index is 12.6. The van der Waals surface area contributed by atoms with Crippen molar-refractivity contribution in [2.45, 2.75) is 173 Å². The van der Waals surface area contributed by atoms with E-state index in [2.05, 4.69) is 62.5 Å². The molecule has 318 valence electrons. The lowest BCUT2D eigenvalue weighted by molar-refractivity contribution is -0.161. The van der Waals surface area contributed by atoms with Gasteiger partial charge in [-0.3, -0.25) is 18.6 Å². The Morgan fingerprint density at radius 3 is 1.75 bits per heavy atom. The molecule has 0 saturated carbocycles. The van der Waals surface area contributed by atoms with Gasteiger partial charge in [-0.25, -0.2) is 4.57 Å². The second-order valence-electron chi connectivity index (χ2n) is 13.8. The van der Waals surface area contributed by atoms with E-state index in [-0.39, 0.29) is 32.6 Å². The van der Waals surface area contributed by atoms with E-state index in [1.165, 1.54) is 32.1 Å². The highest BCUT2D eigenvalue weighted by Crippen LogP contribution is 2.43. The molecule has 55 heavy (non-hydrogen) atoms. The minimum atomic E-state index is -4.43. The number of ether oxygens (including phenoxy) is 2. The molecule has 0 aromatic carbocycles. The summed E-state index contributed by atoms with van der Waals surface area (Å²) in [7, 11) is -4.43. The number of allylic oxidation sites excluding steroid dienone is 9. The Labute approximate surface area is 333 Å². The van der Waals surface area contributed by atoms with Crippen molar-refractivity contribution in [1.82, 2.24) is 0 Å². The van der Waals surface area contributed by atoms with Crippen molar-refractivity contribution in [2.24, 2.45) is 5.73 Å². The van der Waals surface area contributed by atoms with Crippen LogP contribution in [0.4, 0.5) is 0 Å². The predicted octanol–water partition coefficient (Wildman–Crippen LogP) is 9.66. The zero-order chi connectivity index (χ0) is 40.7. The van der Waals surface area contributed by atoms with Crippen molar-refractivity contribution < 1.29 is 47.8 Å². The maximum atomic E-state index is 12.6. The van der Waals surface area contributed by atoms with Crippen LogP contribution < -0.4 is 5.73 Å². The zero-order valence-corrected chi connectivity index (χ0v) is 35.0. The van der Waals surface area contributed by atoms with Crippen LogP contribution in [0.25, 0.3) is 0 Å². The van der Waals surface area contributed by atoms with Gasteiger partial charge in [-0.15, -0.1) is 0 Å². The lowest BCUT2D eigenvalue weighted by Crippen LogP contribution is -2.29. The molecule has 0 bridgehead atoms. The SMILES string of the molecule is CCCCC/C=C\C/C=C\C/C=C\C/C=C\CCCC(=O)OC[C@H](COP(=O)(O)OCCN)OC(=O)CCCCCCC[C@H](O)[C@@H](O)C/C=C\CCCCC. The third kappa shape index (κ3) is 37.0. The number of rotatable bonds is 38. The monoisotopic (exact) mass is 798 g/mol. The minimum Gasteiger partial charge on any atom is -0.462 e. The number of carbonyl (C=O) groups excluding carboxylic acids is 2. The summed E-state index contributed by atoms with van der Waals surface area (Å²) in [6.07, 6.45) is 37.1. The quantitative estimate of drug-likeness (QED) is 0.0203. The van der Waals surface area contributed by atoms with Crippen LogP contribution >= 0.6 is 7.82 Å². The smallest absolute Gasteiger partial charge is 0.462 e. The van der Waals surface area contributed by atoms with E-state index >= 15 is 0 Å². The van der Waals surface area contributed by atoms with E-state index in [0.717, 1.165) is 64.2 Å². The number of esters is 2. The van der Waals surface area contributed by atoms with E-state index < -0.39 is 44.7 Å². The first-order chi connectivity index (χ1) is 26.6. The van der Waals surface area contributed by atoms with E-state index in [1.807, 2.05) is 12.2 Å². The number of nitrogens with two attached hydrogens (primary N) is 1. The number of phosphoric acid groups is 1. The summed E-state index contributed by atoms with van der Waals surface area (Å²) in [5, 5.41) is 20.4. The summed E-state index contributed by atoms with van der Waals surface area (Å²) < 4.78 is 32.6. The lowest BCUT2D eigenvalue weighted by Gasteiger charge is -2.19. The number of carbonyl (C=O) groups is 2. The van der Waals surface area contributed by atoms with Gasteiger partial charge >= 0.3 is 19.8 Å². The van der Waals surface area contributed by atoms with Crippen LogP contribution in [0.5, 0.6) is 0 Å². The molecule has 1 unspecified atom stereocenters. The second-order valence-corrected chi connectivity index (χ2v) is 15.3. The van der Waals surface area contributed by atoms with E-state index in [0.29, 0.717) is 32.1 Å². The number of hydrogen-bond donors (Lipinski definition) is 4. The van der Waals surface area contributed by atoms with Gasteiger partial charge in [0, 0.05) is 19.4 Å². The molecule has 0 aliphatic carbocycles. The van der Waals surface area contributed by atoms with E-state index in [9.17, 15) is 29.3 Å². The highest BCUT2D eigenvalue weighted by molar-refractivity contribution is 7.47. The second kappa shape index (κ2) is 38.5. The summed E-state index contributed by atoms with van der Waals surface area (Å²) in [6.45, 7) is 3.38. The van der Waals surface area contributed by atoms with Crippen molar-refractivity contribution in [3.8, 4) is 0 Å². The molecular formula is C43H76NO10P. The molecular weight excluding hydrogens is 721 g/mol. The molecule has 0 radical (unpaired) electrons. The van der Waals surface area contributed by atoms with Crippen LogP contribution in [-0.4, -0.2) is 71.7 Å². The fourth-order valence-corrected chi connectivity index (χ4v) is 6.06. The van der Waals surface area contributed by atoms with Gasteiger partial charge in [-0.05, 0) is 77.0 Å². The molecule has 12 heteroatoms. The average molecular weight is 798 g/mol. The van der Waals surface area contributed by atoms with Crippen LogP contribution in [-0.2, 0) is 32.7 Å². The third-order valence-electron chi connectivity index (χ3n) is 8.58. The summed E-state index contributed by atoms with van der Waals surface area (Å²) in [5.41, 5.74) is 5.33. The molecule has 4 atom stereocenters. The molecule has 0 spiro atoms. The van der Waals surface area contributed by atoms with E-state index in [1.54, 1.807) is 0 Å². The average Bonchev–Trinajstić information content (AvgIpc) is 3.17. The largest absolute Gasteiger partial charge is 0.472 e. The normalized spacial score (nSPS) is 15.1. The number of hydrogen-bond acceptors (Lipinski definition) is 10. The van der Waals surface area contributed by atoms with Crippen molar-refractivity contribution in [3.63, 3.8) is 0 Å². The van der Waals surface area contributed by atoms with Gasteiger partial charge in [0.1, 0.15) is 6.61 Å². The molecule has 11 nitrogen and oxygen atoms in total. The topological polar surface area (TPSA) is 175 Å². The summed E-state index contributed by atoms with van der Waals surface area (Å²) >= 11 is 0. The van der Waals surface area contributed by atoms with Gasteiger partial charge in [-0.1, -0.05) is 126 Å². The molecule has 5 N–H and O–H groups in total. The van der Waals surface area contributed by atoms with Crippen molar-refractivity contribution in [1.29, 1.82) is 0 Å². The summed E-state index contributed by atoms with van der Waals surface area (Å²) in [6, 6.07) is 0. The van der Waals surface area contributed by atoms with Gasteiger partial charge in [0.2, 0.25) is 0 Å². The Kier molecular flexibility index (Phi) is 36.8. The fourth-order valence-electron chi connectivity index (χ4n) is 5.30. The molecule has 0 aromatic rings. The van der Waals surface area contributed by atoms with Gasteiger partial charge in [0.25, 0.3) is 0 Å². The number of phosphoric ester groups is 1. The Hall–Kier alpha value is -2.37. The predicted molar refractivity (Wildman–Crippen MR) is 222 cm³/mol. The molecule has 0 heterocycles. The first-order valence-corrected chi connectivity index (χ1v) is 22.4. The number of unbranched alkanes of at least 4 members (excludes halogenated alkanes) is 11. The molecule has 0 saturated heterocycles. The molecule has 0 aromatic heterocycles. The van der Waals surface area contributed by atoms with Crippen LogP contribution in [0.15, 0.2) is 60.8 Å². The molecule has 0 rings (SSSR count). The van der Waals surface area contributed by atoms with Crippen LogP contribution in [0, 0.1) is 0 Å². The molecule has 0 fully saturated rings. The zero-order valence-electron chi connectivity index (χ0n) is 34.1. The molecule has 0 aliphatic rings. The van der Waals surface area contributed by atoms with Gasteiger partial charge in [0.05, 0.1) is 25.4 Å². The number of aliphatic hydroxyl groups excluding tert-OH is 2. The van der Waals surface area contributed by atoms with Crippen LogP contribution in [0.1, 0.15) is 155 Å². The first kappa shape index (κ1) is 52.6. The summed E-state index contributed by atoms with van der Waals surface area (Å²) in [5.74, 6) is -1.01. The fraction of sp³-hybridized carbons (Fsp3) is 0.721. The minimum absolute atomic E-state index is 0.0182. The van der Waals surface area contributed by atoms with E-state index in [4.69, 9.17) is 24.3 Å². The van der Waals surface area contributed by atoms with Crippen LogP contribution in [0.3, 0.4) is 0 Å². The highest BCUT2D eigenvalue weighted by Gasteiger charge is 2.26. The van der Waals surface area contributed by atoms with Crippen molar-refractivity contribution in [3.05, 3.63) is 60.8 Å². The first-order valence-electron chi connectivity index (χ1n) is 20.9. The Balaban J connectivity index is 4.41. The highest BCUT2D eigenvalue weighted by atomic mass is 31.2. The van der Waals surface area contributed by atoms with Crippen LogP contribution in [0.2, 0.25) is 0 Å². The Morgan fingerprint density at radius 1 is 0.618 bits per heavy atom. The third-order valence-corrected chi connectivity index (χ3v) is 9.56. The molecule has 0 aliphatic heterocycles. The lowest BCUT2D eigenvalue weighted by atomic mass is 10.0. The molecule has 0 amide bonds. The van der Waals surface area contributed by atoms with Gasteiger partial charge < -0.3 is 30.3 Å². The summed E-state index contributed by atoms with van der Waals surface area (Å²) in [4.78, 5) is 34.8. The van der Waals surface area contributed by atoms with Gasteiger partial charge in [0.15, 0.2) is 6.10 Å². The Morgan fingerprint density at radius 2 is 1.15 bits per heavy atom. The maximum Gasteiger partial charge on any atom is 0.472 e. The van der Waals surface area contributed by atoms with Crippen molar-refractivity contribution in [2.75, 3.05) is 26.4 Å². The van der Waals surface area contributed by atoms with Gasteiger partial charge in [-0.2, -0.15) is 0 Å².